The zero-order chi connectivity index (χ0) is 13.7. The molecule has 2 aliphatic rings. The highest BCUT2D eigenvalue weighted by Crippen LogP contribution is 2.42. The summed E-state index contributed by atoms with van der Waals surface area (Å²) in [5.41, 5.74) is 2.02. The summed E-state index contributed by atoms with van der Waals surface area (Å²) in [5.74, 6) is 1.93. The van der Waals surface area contributed by atoms with Gasteiger partial charge in [-0.05, 0) is 24.3 Å². The average Bonchev–Trinajstić information content (AvgIpc) is 2.86. The van der Waals surface area contributed by atoms with Crippen LogP contribution in [0.4, 0.5) is 0 Å². The van der Waals surface area contributed by atoms with E-state index in [0.29, 0.717) is 19.1 Å². The van der Waals surface area contributed by atoms with Gasteiger partial charge in [0.15, 0.2) is 0 Å². The van der Waals surface area contributed by atoms with Gasteiger partial charge >= 0.3 is 0 Å². The van der Waals surface area contributed by atoms with Gasteiger partial charge in [-0.2, -0.15) is 5.06 Å². The van der Waals surface area contributed by atoms with Crippen LogP contribution in [0.1, 0.15) is 11.6 Å². The number of methoxy groups -OCH3 is 1. The summed E-state index contributed by atoms with van der Waals surface area (Å²) < 4.78 is 11.1. The topological polar surface area (TPSA) is 43.8 Å². The normalized spacial score (nSPS) is 25.1. The number of benzene rings is 1. The molecule has 1 fully saturated rings. The Bertz CT molecular complexity index is 673. The molecule has 2 atom stereocenters. The SMILES string of the molecule is COc1ccc2nc3c(cc2c1)[C@@H]1[C@@H](CO3)CON1C. The molecule has 2 aromatic rings. The van der Waals surface area contributed by atoms with Crippen molar-refractivity contribution in [2.24, 2.45) is 5.92 Å². The fourth-order valence-electron chi connectivity index (χ4n) is 3.06. The van der Waals surface area contributed by atoms with Crippen molar-refractivity contribution in [2.45, 2.75) is 6.04 Å². The summed E-state index contributed by atoms with van der Waals surface area (Å²) in [7, 11) is 3.64. The number of rotatable bonds is 1. The molecule has 104 valence electrons. The monoisotopic (exact) mass is 272 g/mol. The van der Waals surface area contributed by atoms with E-state index in [9.17, 15) is 0 Å². The molecular formula is C15H16N2O3. The van der Waals surface area contributed by atoms with Crippen molar-refractivity contribution >= 4 is 10.9 Å². The highest BCUT2D eigenvalue weighted by molar-refractivity contribution is 5.82. The zero-order valence-corrected chi connectivity index (χ0v) is 11.5. The van der Waals surface area contributed by atoms with Gasteiger partial charge in [-0.3, -0.25) is 4.84 Å². The van der Waals surface area contributed by atoms with Crippen LogP contribution in [0.15, 0.2) is 24.3 Å². The lowest BCUT2D eigenvalue weighted by Gasteiger charge is -2.29. The summed E-state index contributed by atoms with van der Waals surface area (Å²) in [4.78, 5) is 10.2. The lowest BCUT2D eigenvalue weighted by atomic mass is 9.93. The summed E-state index contributed by atoms with van der Waals surface area (Å²) >= 11 is 0. The second-order valence-corrected chi connectivity index (χ2v) is 5.30. The van der Waals surface area contributed by atoms with Gasteiger partial charge in [0.05, 0.1) is 31.9 Å². The minimum Gasteiger partial charge on any atom is -0.497 e. The van der Waals surface area contributed by atoms with Crippen LogP contribution < -0.4 is 9.47 Å². The Morgan fingerprint density at radius 3 is 3.05 bits per heavy atom. The maximum Gasteiger partial charge on any atom is 0.218 e. The minimum absolute atomic E-state index is 0.224. The molecule has 0 spiro atoms. The molecule has 1 aromatic heterocycles. The second kappa shape index (κ2) is 4.33. The summed E-state index contributed by atoms with van der Waals surface area (Å²) in [5, 5.41) is 2.98. The maximum atomic E-state index is 5.80. The molecule has 0 unspecified atom stereocenters. The third kappa shape index (κ3) is 1.67. The van der Waals surface area contributed by atoms with Gasteiger partial charge in [-0.15, -0.1) is 0 Å². The lowest BCUT2D eigenvalue weighted by Crippen LogP contribution is -2.29. The molecule has 1 saturated heterocycles. The molecule has 0 aliphatic carbocycles. The fourth-order valence-corrected chi connectivity index (χ4v) is 3.06. The van der Waals surface area contributed by atoms with Crippen molar-refractivity contribution in [3.63, 3.8) is 0 Å². The molecule has 5 heteroatoms. The number of ether oxygens (including phenoxy) is 2. The van der Waals surface area contributed by atoms with Crippen molar-refractivity contribution in [3.05, 3.63) is 29.8 Å². The number of hydroxylamine groups is 2. The first-order valence-electron chi connectivity index (χ1n) is 6.73. The minimum atomic E-state index is 0.224. The largest absolute Gasteiger partial charge is 0.497 e. The van der Waals surface area contributed by atoms with E-state index in [1.54, 1.807) is 7.11 Å². The average molecular weight is 272 g/mol. The standard InChI is InChI=1S/C15H16N2O3/c1-17-14-10(8-20-17)7-19-15-12(14)6-9-5-11(18-2)3-4-13(9)16-15/h3-6,10,14H,7-8H2,1-2H3/t10-,14-/m0/s1. The van der Waals surface area contributed by atoms with Gasteiger partial charge in [0, 0.05) is 23.9 Å². The predicted molar refractivity (Wildman–Crippen MR) is 73.7 cm³/mol. The first-order valence-corrected chi connectivity index (χ1v) is 6.73. The van der Waals surface area contributed by atoms with Crippen LogP contribution >= 0.6 is 0 Å². The molecule has 1 aromatic carbocycles. The van der Waals surface area contributed by atoms with Crippen molar-refractivity contribution in [1.82, 2.24) is 10.0 Å². The van der Waals surface area contributed by atoms with Gasteiger partial charge in [-0.1, -0.05) is 0 Å². The third-order valence-corrected chi connectivity index (χ3v) is 4.10. The van der Waals surface area contributed by atoms with Gasteiger partial charge in [0.2, 0.25) is 5.88 Å². The molecule has 0 amide bonds. The number of aromatic nitrogens is 1. The van der Waals surface area contributed by atoms with E-state index >= 15 is 0 Å². The first kappa shape index (κ1) is 11.9. The number of hydrogen-bond donors (Lipinski definition) is 0. The van der Waals surface area contributed by atoms with E-state index in [4.69, 9.17) is 14.3 Å². The molecule has 0 radical (unpaired) electrons. The lowest BCUT2D eigenvalue weighted by molar-refractivity contribution is -0.111. The molecule has 3 heterocycles. The predicted octanol–water partition coefficient (Wildman–Crippen LogP) is 2.17. The van der Waals surface area contributed by atoms with Crippen LogP contribution in [0.3, 0.4) is 0 Å². The Morgan fingerprint density at radius 1 is 1.30 bits per heavy atom. The number of nitrogens with zero attached hydrogens (tertiary/aromatic N) is 2. The second-order valence-electron chi connectivity index (χ2n) is 5.30. The first-order chi connectivity index (χ1) is 9.76. The molecule has 20 heavy (non-hydrogen) atoms. The quantitative estimate of drug-likeness (QED) is 0.796. The van der Waals surface area contributed by atoms with Gasteiger partial charge < -0.3 is 9.47 Å². The van der Waals surface area contributed by atoms with E-state index in [1.165, 1.54) is 0 Å². The number of hydrogen-bond acceptors (Lipinski definition) is 5. The van der Waals surface area contributed by atoms with Crippen LogP contribution in [0.5, 0.6) is 11.6 Å². The Hall–Kier alpha value is -1.85. The van der Waals surface area contributed by atoms with E-state index in [0.717, 1.165) is 28.1 Å². The molecule has 2 aliphatic heterocycles. The van der Waals surface area contributed by atoms with Crippen molar-refractivity contribution in [1.29, 1.82) is 0 Å². The number of pyridine rings is 1. The third-order valence-electron chi connectivity index (χ3n) is 4.10. The number of fused-ring (bicyclic) bond motifs is 4. The Kier molecular flexibility index (Phi) is 2.58. The zero-order valence-electron chi connectivity index (χ0n) is 11.5. The van der Waals surface area contributed by atoms with E-state index < -0.39 is 0 Å². The van der Waals surface area contributed by atoms with Gasteiger partial charge in [0.25, 0.3) is 0 Å². The van der Waals surface area contributed by atoms with Crippen LogP contribution in [0, 0.1) is 5.92 Å². The van der Waals surface area contributed by atoms with E-state index in [1.807, 2.05) is 30.3 Å². The summed E-state index contributed by atoms with van der Waals surface area (Å²) in [6.45, 7) is 1.37. The summed E-state index contributed by atoms with van der Waals surface area (Å²) in [6.07, 6.45) is 0. The Morgan fingerprint density at radius 2 is 2.20 bits per heavy atom. The van der Waals surface area contributed by atoms with Crippen molar-refractivity contribution < 1.29 is 14.3 Å². The summed E-state index contributed by atoms with van der Waals surface area (Å²) in [6, 6.07) is 8.24. The highest BCUT2D eigenvalue weighted by Gasteiger charge is 2.40. The van der Waals surface area contributed by atoms with Crippen LogP contribution in [0.2, 0.25) is 0 Å². The van der Waals surface area contributed by atoms with Crippen molar-refractivity contribution in [3.8, 4) is 11.6 Å². The van der Waals surface area contributed by atoms with E-state index in [-0.39, 0.29) is 6.04 Å². The van der Waals surface area contributed by atoms with Gasteiger partial charge in [0.1, 0.15) is 5.75 Å². The van der Waals surface area contributed by atoms with Gasteiger partial charge in [-0.25, -0.2) is 4.98 Å². The highest BCUT2D eigenvalue weighted by atomic mass is 16.7. The van der Waals surface area contributed by atoms with E-state index in [2.05, 4.69) is 11.1 Å². The smallest absolute Gasteiger partial charge is 0.218 e. The fraction of sp³-hybridized carbons (Fsp3) is 0.400. The molecule has 5 nitrogen and oxygen atoms in total. The Balaban J connectivity index is 1.89. The molecule has 0 N–H and O–H groups in total. The molecular weight excluding hydrogens is 256 g/mol. The molecule has 4 rings (SSSR count). The Labute approximate surface area is 117 Å². The molecule has 0 saturated carbocycles. The maximum absolute atomic E-state index is 5.80. The van der Waals surface area contributed by atoms with Crippen LogP contribution in [0.25, 0.3) is 10.9 Å². The van der Waals surface area contributed by atoms with Crippen LogP contribution in [-0.4, -0.2) is 37.4 Å². The van der Waals surface area contributed by atoms with Crippen molar-refractivity contribution in [2.75, 3.05) is 27.4 Å². The molecule has 0 bridgehead atoms. The van der Waals surface area contributed by atoms with Crippen LogP contribution in [-0.2, 0) is 4.84 Å².